The lowest BCUT2D eigenvalue weighted by molar-refractivity contribution is 0.396. The fourth-order valence-corrected chi connectivity index (χ4v) is 4.83. The summed E-state index contributed by atoms with van der Waals surface area (Å²) in [5, 5.41) is 9.06. The molecule has 23 heavy (non-hydrogen) atoms. The summed E-state index contributed by atoms with van der Waals surface area (Å²) < 4.78 is 27.4. The molecule has 7 heteroatoms. The third-order valence-electron chi connectivity index (χ3n) is 3.96. The normalized spacial score (nSPS) is 18.7. The van der Waals surface area contributed by atoms with Crippen LogP contribution < -0.4 is 0 Å². The van der Waals surface area contributed by atoms with E-state index in [0.29, 0.717) is 6.54 Å². The smallest absolute Gasteiger partial charge is 0.243 e. The van der Waals surface area contributed by atoms with Gasteiger partial charge in [0.15, 0.2) is 0 Å². The van der Waals surface area contributed by atoms with Crippen LogP contribution in [0.2, 0.25) is 5.02 Å². The van der Waals surface area contributed by atoms with Gasteiger partial charge in [-0.15, -0.1) is 0 Å². The zero-order valence-electron chi connectivity index (χ0n) is 12.2. The molecule has 1 unspecified atom stereocenters. The average molecular weight is 348 g/mol. The van der Waals surface area contributed by atoms with Crippen LogP contribution in [0, 0.1) is 11.3 Å². The van der Waals surface area contributed by atoms with Crippen LogP contribution in [0.25, 0.3) is 0 Å². The second kappa shape index (κ2) is 6.28. The van der Waals surface area contributed by atoms with Gasteiger partial charge in [0.05, 0.1) is 21.5 Å². The van der Waals surface area contributed by atoms with E-state index >= 15 is 0 Å². The van der Waals surface area contributed by atoms with E-state index in [1.807, 2.05) is 18.2 Å². The van der Waals surface area contributed by atoms with Crippen LogP contribution in [0.1, 0.15) is 30.0 Å². The van der Waals surface area contributed by atoms with Crippen molar-refractivity contribution in [1.82, 2.24) is 9.29 Å². The van der Waals surface area contributed by atoms with Gasteiger partial charge < -0.3 is 0 Å². The first kappa shape index (κ1) is 15.9. The van der Waals surface area contributed by atoms with Crippen molar-refractivity contribution in [2.75, 3.05) is 6.54 Å². The topological polar surface area (TPSA) is 74.1 Å². The number of aromatic nitrogens is 1. The van der Waals surface area contributed by atoms with E-state index in [-0.39, 0.29) is 21.5 Å². The average Bonchev–Trinajstić information content (AvgIpc) is 3.06. The van der Waals surface area contributed by atoms with Crippen LogP contribution in [0.4, 0.5) is 0 Å². The molecule has 1 atom stereocenters. The molecule has 2 heterocycles. The number of hydrogen-bond donors (Lipinski definition) is 0. The van der Waals surface area contributed by atoms with Crippen molar-refractivity contribution in [3.63, 3.8) is 0 Å². The molecule has 118 valence electrons. The number of sulfonamides is 1. The van der Waals surface area contributed by atoms with Crippen LogP contribution in [0.5, 0.6) is 0 Å². The quantitative estimate of drug-likeness (QED) is 0.854. The first-order valence-corrected chi connectivity index (χ1v) is 8.97. The highest BCUT2D eigenvalue weighted by Gasteiger charge is 2.36. The molecule has 0 amide bonds. The Morgan fingerprint density at radius 1 is 1.26 bits per heavy atom. The Hall–Kier alpha value is -1.94. The summed E-state index contributed by atoms with van der Waals surface area (Å²) in [5.74, 6) is 0. The Kier molecular flexibility index (Phi) is 4.35. The highest BCUT2D eigenvalue weighted by molar-refractivity contribution is 7.89. The Morgan fingerprint density at radius 3 is 2.65 bits per heavy atom. The monoisotopic (exact) mass is 347 g/mol. The number of nitrogens with zero attached hydrogens (tertiary/aromatic N) is 3. The van der Waals surface area contributed by atoms with Gasteiger partial charge in [0, 0.05) is 18.9 Å². The fraction of sp³-hybridized carbons (Fsp3) is 0.250. The van der Waals surface area contributed by atoms with Gasteiger partial charge in [-0.05, 0) is 48.7 Å². The van der Waals surface area contributed by atoms with E-state index in [1.54, 1.807) is 12.4 Å². The Labute approximate surface area is 140 Å². The maximum absolute atomic E-state index is 12.9. The van der Waals surface area contributed by atoms with Gasteiger partial charge in [-0.3, -0.25) is 4.98 Å². The van der Waals surface area contributed by atoms with Gasteiger partial charge in [-0.1, -0.05) is 11.6 Å². The molecule has 0 radical (unpaired) electrons. The molecular formula is C16H14ClN3O2S. The lowest BCUT2D eigenvalue weighted by atomic mass is 10.1. The molecule has 3 rings (SSSR count). The Morgan fingerprint density at radius 2 is 2.00 bits per heavy atom. The second-order valence-electron chi connectivity index (χ2n) is 5.31. The predicted molar refractivity (Wildman–Crippen MR) is 86.3 cm³/mol. The van der Waals surface area contributed by atoms with Crippen LogP contribution in [-0.4, -0.2) is 24.3 Å². The lowest BCUT2D eigenvalue weighted by Gasteiger charge is -2.24. The molecule has 0 spiro atoms. The molecular weight excluding hydrogens is 334 g/mol. The molecule has 5 nitrogen and oxygen atoms in total. The summed E-state index contributed by atoms with van der Waals surface area (Å²) in [7, 11) is -3.66. The molecule has 0 bridgehead atoms. The second-order valence-corrected chi connectivity index (χ2v) is 7.61. The molecule has 1 saturated heterocycles. The number of hydrogen-bond acceptors (Lipinski definition) is 4. The maximum Gasteiger partial charge on any atom is 0.243 e. The maximum atomic E-state index is 12.9. The first-order chi connectivity index (χ1) is 11.0. The molecule has 1 aromatic heterocycles. The molecule has 0 aliphatic carbocycles. The van der Waals surface area contributed by atoms with Crippen molar-refractivity contribution in [2.24, 2.45) is 0 Å². The Bertz CT molecular complexity index is 863. The minimum Gasteiger partial charge on any atom is -0.265 e. The largest absolute Gasteiger partial charge is 0.265 e. The fourth-order valence-electron chi connectivity index (χ4n) is 2.83. The molecule has 1 aliphatic heterocycles. The number of nitriles is 1. The van der Waals surface area contributed by atoms with Gasteiger partial charge in [0.25, 0.3) is 0 Å². The van der Waals surface area contributed by atoms with Crippen molar-refractivity contribution < 1.29 is 8.42 Å². The highest BCUT2D eigenvalue weighted by atomic mass is 35.5. The van der Waals surface area contributed by atoms with Crippen molar-refractivity contribution in [3.8, 4) is 6.07 Å². The number of rotatable bonds is 3. The zero-order chi connectivity index (χ0) is 16.4. The number of pyridine rings is 1. The van der Waals surface area contributed by atoms with Crippen LogP contribution >= 0.6 is 11.6 Å². The van der Waals surface area contributed by atoms with Gasteiger partial charge in [0.2, 0.25) is 10.0 Å². The van der Waals surface area contributed by atoms with E-state index < -0.39 is 10.0 Å². The van der Waals surface area contributed by atoms with E-state index in [9.17, 15) is 8.42 Å². The van der Waals surface area contributed by atoms with Gasteiger partial charge in [-0.2, -0.15) is 9.57 Å². The zero-order valence-corrected chi connectivity index (χ0v) is 13.8. The molecule has 1 fully saturated rings. The first-order valence-electron chi connectivity index (χ1n) is 7.15. The minimum atomic E-state index is -3.66. The molecule has 1 aromatic carbocycles. The lowest BCUT2D eigenvalue weighted by Crippen LogP contribution is -2.30. The van der Waals surface area contributed by atoms with E-state index in [2.05, 4.69) is 4.98 Å². The molecule has 0 N–H and O–H groups in total. The molecule has 1 aliphatic rings. The van der Waals surface area contributed by atoms with E-state index in [1.165, 1.54) is 22.5 Å². The van der Waals surface area contributed by atoms with Crippen molar-refractivity contribution in [2.45, 2.75) is 23.8 Å². The molecule has 2 aromatic rings. The number of halogens is 1. The summed E-state index contributed by atoms with van der Waals surface area (Å²) in [4.78, 5) is 4.09. The molecule has 0 saturated carbocycles. The van der Waals surface area contributed by atoms with E-state index in [4.69, 9.17) is 16.9 Å². The van der Waals surface area contributed by atoms with Gasteiger partial charge in [-0.25, -0.2) is 8.42 Å². The van der Waals surface area contributed by atoms with Gasteiger partial charge in [0.1, 0.15) is 6.07 Å². The standard InChI is InChI=1S/C16H14ClN3O2S/c17-15-10-14(4-3-13(15)11-18)23(21,22)20-9-1-2-16(20)12-5-7-19-8-6-12/h3-8,10,16H,1-2,9H2. The Balaban J connectivity index is 1.99. The van der Waals surface area contributed by atoms with Gasteiger partial charge >= 0.3 is 0 Å². The predicted octanol–water partition coefficient (Wildman–Crippen LogP) is 3.13. The van der Waals surface area contributed by atoms with Crippen LogP contribution in [0.3, 0.4) is 0 Å². The highest BCUT2D eigenvalue weighted by Crippen LogP contribution is 2.36. The summed E-state index contributed by atoms with van der Waals surface area (Å²) in [6, 6.07) is 9.62. The van der Waals surface area contributed by atoms with Crippen molar-refractivity contribution in [3.05, 3.63) is 58.9 Å². The van der Waals surface area contributed by atoms with Crippen LogP contribution in [-0.2, 0) is 10.0 Å². The number of benzene rings is 1. The van der Waals surface area contributed by atoms with Crippen molar-refractivity contribution >= 4 is 21.6 Å². The third kappa shape index (κ3) is 2.95. The summed E-state index contributed by atoms with van der Waals surface area (Å²) in [5.41, 5.74) is 1.19. The summed E-state index contributed by atoms with van der Waals surface area (Å²) in [6.45, 7) is 0.465. The van der Waals surface area contributed by atoms with E-state index in [0.717, 1.165) is 18.4 Å². The third-order valence-corrected chi connectivity index (χ3v) is 6.18. The SMILES string of the molecule is N#Cc1ccc(S(=O)(=O)N2CCCC2c2ccncc2)cc1Cl. The summed E-state index contributed by atoms with van der Waals surface area (Å²) >= 11 is 5.98. The summed E-state index contributed by atoms with van der Waals surface area (Å²) in [6.07, 6.45) is 4.90. The minimum absolute atomic E-state index is 0.113. The van der Waals surface area contributed by atoms with Crippen molar-refractivity contribution in [1.29, 1.82) is 5.26 Å². The van der Waals surface area contributed by atoms with Crippen LogP contribution in [0.15, 0.2) is 47.6 Å².